The number of nitrogens with one attached hydrogen (secondary N) is 1. The molecule has 0 spiro atoms. The fourth-order valence-corrected chi connectivity index (χ4v) is 5.95. The van der Waals surface area contributed by atoms with Crippen molar-refractivity contribution in [1.29, 1.82) is 0 Å². The lowest BCUT2D eigenvalue weighted by Crippen LogP contribution is -2.34. The summed E-state index contributed by atoms with van der Waals surface area (Å²) >= 11 is 0. The first-order valence-electron chi connectivity index (χ1n) is 15.7. The maximum atomic E-state index is 13.2. The molecule has 1 aliphatic carbocycles. The summed E-state index contributed by atoms with van der Waals surface area (Å²) in [5, 5.41) is 3.28. The summed E-state index contributed by atoms with van der Waals surface area (Å²) in [5.74, 6) is 1.03. The van der Waals surface area contributed by atoms with E-state index >= 15 is 0 Å². The minimum atomic E-state index is -0.671. The summed E-state index contributed by atoms with van der Waals surface area (Å²) in [4.78, 5) is 28.5. The highest BCUT2D eigenvalue weighted by Gasteiger charge is 2.23. The molecule has 228 valence electrons. The molecule has 1 unspecified atom stereocenters. The van der Waals surface area contributed by atoms with Crippen molar-refractivity contribution in [2.75, 3.05) is 37.0 Å². The van der Waals surface area contributed by atoms with Crippen LogP contribution in [0.3, 0.4) is 0 Å². The predicted molar refractivity (Wildman–Crippen MR) is 177 cm³/mol. The Morgan fingerprint density at radius 1 is 0.818 bits per heavy atom. The molecule has 1 saturated carbocycles. The fraction of sp³-hybridized carbons (Fsp3) is 0.316. The minimum Gasteiger partial charge on any atom is -0.492 e. The molecule has 0 aromatic heterocycles. The van der Waals surface area contributed by atoms with E-state index in [-0.39, 0.29) is 5.78 Å². The van der Waals surface area contributed by atoms with Gasteiger partial charge in [0.05, 0.1) is 13.7 Å². The van der Waals surface area contributed by atoms with E-state index in [1.165, 1.54) is 44.9 Å². The molecule has 0 saturated heterocycles. The highest BCUT2D eigenvalue weighted by atomic mass is 16.5. The molecule has 0 radical (unpaired) electrons. The molecule has 6 heteroatoms. The standard InChI is InChI=1S/C38H42N2O4/c1-43-38(42)36(39-35-20-12-11-19-34(35)37(41)31-15-7-3-8-16-31)27-29-21-23-33(24-22-29)44-26-25-40(32-17-9-4-10-18-32)28-30-13-5-2-6-14-30/h3-4,7-12,15-24,30,36,39H,2,5-6,13-14,25-28H2,1H3. The number of ether oxygens (including phenoxy) is 2. The number of anilines is 2. The van der Waals surface area contributed by atoms with Crippen molar-refractivity contribution in [1.82, 2.24) is 0 Å². The second-order valence-electron chi connectivity index (χ2n) is 11.4. The Labute approximate surface area is 261 Å². The van der Waals surface area contributed by atoms with Gasteiger partial charge in [-0.15, -0.1) is 0 Å². The Balaban J connectivity index is 1.20. The molecule has 1 N–H and O–H groups in total. The summed E-state index contributed by atoms with van der Waals surface area (Å²) in [6.07, 6.45) is 7.04. The zero-order valence-electron chi connectivity index (χ0n) is 25.5. The Hall–Kier alpha value is -4.58. The number of nitrogens with zero attached hydrogens (tertiary/aromatic N) is 1. The van der Waals surface area contributed by atoms with Crippen molar-refractivity contribution in [3.63, 3.8) is 0 Å². The van der Waals surface area contributed by atoms with Gasteiger partial charge in [-0.05, 0) is 60.7 Å². The smallest absolute Gasteiger partial charge is 0.328 e. The Morgan fingerprint density at radius 3 is 2.18 bits per heavy atom. The van der Waals surface area contributed by atoms with Gasteiger partial charge in [-0.3, -0.25) is 4.79 Å². The number of ketones is 1. The van der Waals surface area contributed by atoms with Crippen LogP contribution >= 0.6 is 0 Å². The quantitative estimate of drug-likeness (QED) is 0.121. The second-order valence-corrected chi connectivity index (χ2v) is 11.4. The van der Waals surface area contributed by atoms with E-state index in [2.05, 4.69) is 40.5 Å². The zero-order chi connectivity index (χ0) is 30.6. The normalized spacial score (nSPS) is 13.9. The highest BCUT2D eigenvalue weighted by Crippen LogP contribution is 2.27. The van der Waals surface area contributed by atoms with E-state index < -0.39 is 12.0 Å². The average Bonchev–Trinajstić information content (AvgIpc) is 3.09. The van der Waals surface area contributed by atoms with E-state index in [4.69, 9.17) is 9.47 Å². The van der Waals surface area contributed by atoms with Crippen molar-refractivity contribution >= 4 is 23.1 Å². The van der Waals surface area contributed by atoms with Gasteiger partial charge in [-0.25, -0.2) is 4.79 Å². The Kier molecular flexibility index (Phi) is 11.1. The van der Waals surface area contributed by atoms with Crippen LogP contribution in [0.4, 0.5) is 11.4 Å². The summed E-state index contributed by atoms with van der Waals surface area (Å²) in [6, 6.07) is 34.2. The number of hydrogen-bond acceptors (Lipinski definition) is 6. The molecule has 1 atom stereocenters. The summed E-state index contributed by atoms with van der Waals surface area (Å²) in [5.41, 5.74) is 3.88. The van der Waals surface area contributed by atoms with Gasteiger partial charge < -0.3 is 19.7 Å². The monoisotopic (exact) mass is 590 g/mol. The van der Waals surface area contributed by atoms with E-state index in [0.717, 1.165) is 30.3 Å². The molecule has 1 aliphatic rings. The van der Waals surface area contributed by atoms with Crippen LogP contribution in [-0.2, 0) is 16.0 Å². The summed E-state index contributed by atoms with van der Waals surface area (Å²) < 4.78 is 11.3. The number of esters is 1. The van der Waals surface area contributed by atoms with Crippen LogP contribution in [0.5, 0.6) is 5.75 Å². The van der Waals surface area contributed by atoms with E-state index in [9.17, 15) is 9.59 Å². The third-order valence-corrected chi connectivity index (χ3v) is 8.34. The molecular formula is C38H42N2O4. The van der Waals surface area contributed by atoms with Crippen LogP contribution in [0.15, 0.2) is 109 Å². The van der Waals surface area contributed by atoms with E-state index in [1.54, 1.807) is 18.2 Å². The second kappa shape index (κ2) is 15.8. The fourth-order valence-electron chi connectivity index (χ4n) is 5.95. The first-order valence-corrected chi connectivity index (χ1v) is 15.7. The third kappa shape index (κ3) is 8.50. The lowest BCUT2D eigenvalue weighted by molar-refractivity contribution is -0.141. The third-order valence-electron chi connectivity index (χ3n) is 8.34. The van der Waals surface area contributed by atoms with Gasteiger partial charge in [-0.2, -0.15) is 0 Å². The van der Waals surface area contributed by atoms with Crippen molar-refractivity contribution in [2.24, 2.45) is 5.92 Å². The number of para-hydroxylation sites is 2. The molecule has 0 bridgehead atoms. The van der Waals surface area contributed by atoms with Crippen LogP contribution in [-0.4, -0.2) is 44.6 Å². The summed E-state index contributed by atoms with van der Waals surface area (Å²) in [7, 11) is 1.38. The lowest BCUT2D eigenvalue weighted by atomic mass is 9.89. The van der Waals surface area contributed by atoms with Gasteiger partial charge in [0.15, 0.2) is 5.78 Å². The molecule has 6 nitrogen and oxygen atoms in total. The van der Waals surface area contributed by atoms with Crippen molar-refractivity contribution in [3.05, 3.63) is 126 Å². The first-order chi connectivity index (χ1) is 21.6. The van der Waals surface area contributed by atoms with E-state index in [1.807, 2.05) is 60.7 Å². The minimum absolute atomic E-state index is 0.108. The zero-order valence-corrected chi connectivity index (χ0v) is 25.5. The molecule has 5 rings (SSSR count). The van der Waals surface area contributed by atoms with Crippen molar-refractivity contribution < 1.29 is 19.1 Å². The number of carbonyl (C=O) groups is 2. The molecular weight excluding hydrogens is 548 g/mol. The van der Waals surface area contributed by atoms with E-state index in [0.29, 0.717) is 29.8 Å². The molecule has 44 heavy (non-hydrogen) atoms. The topological polar surface area (TPSA) is 67.9 Å². The average molecular weight is 591 g/mol. The number of carbonyl (C=O) groups excluding carboxylic acids is 2. The number of benzene rings is 4. The number of hydrogen-bond donors (Lipinski definition) is 1. The largest absolute Gasteiger partial charge is 0.492 e. The SMILES string of the molecule is COC(=O)C(Cc1ccc(OCCN(CC2CCCCC2)c2ccccc2)cc1)Nc1ccccc1C(=O)c1ccccc1. The van der Waals surface area contributed by atoms with Gasteiger partial charge in [0, 0.05) is 35.5 Å². The van der Waals surface area contributed by atoms with Gasteiger partial charge in [-0.1, -0.05) is 92.1 Å². The van der Waals surface area contributed by atoms with Crippen molar-refractivity contribution in [2.45, 2.75) is 44.6 Å². The molecule has 0 heterocycles. The molecule has 1 fully saturated rings. The van der Waals surface area contributed by atoms with Crippen molar-refractivity contribution in [3.8, 4) is 5.75 Å². The van der Waals surface area contributed by atoms with Crippen LogP contribution < -0.4 is 15.0 Å². The predicted octanol–water partition coefficient (Wildman–Crippen LogP) is 7.58. The lowest BCUT2D eigenvalue weighted by Gasteiger charge is -2.31. The molecule has 0 aliphatic heterocycles. The van der Waals surface area contributed by atoms with Gasteiger partial charge in [0.2, 0.25) is 0 Å². The summed E-state index contributed by atoms with van der Waals surface area (Å²) in [6.45, 7) is 2.46. The van der Waals surface area contributed by atoms with Crippen LogP contribution in [0, 0.1) is 5.92 Å². The van der Waals surface area contributed by atoms with Gasteiger partial charge >= 0.3 is 5.97 Å². The maximum Gasteiger partial charge on any atom is 0.328 e. The van der Waals surface area contributed by atoms with Crippen LogP contribution in [0.2, 0.25) is 0 Å². The maximum absolute atomic E-state index is 13.2. The highest BCUT2D eigenvalue weighted by molar-refractivity contribution is 6.12. The van der Waals surface area contributed by atoms with Crippen LogP contribution in [0.1, 0.15) is 53.6 Å². The number of rotatable bonds is 14. The van der Waals surface area contributed by atoms with Gasteiger partial charge in [0.1, 0.15) is 18.4 Å². The molecule has 0 amide bonds. The van der Waals surface area contributed by atoms with Gasteiger partial charge in [0.25, 0.3) is 0 Å². The molecule has 4 aromatic carbocycles. The number of methoxy groups -OCH3 is 1. The Bertz CT molecular complexity index is 1470. The van der Waals surface area contributed by atoms with Crippen LogP contribution in [0.25, 0.3) is 0 Å². The molecule has 4 aromatic rings. The Morgan fingerprint density at radius 2 is 1.48 bits per heavy atom. The first kappa shape index (κ1) is 30.9.